The third-order valence-electron chi connectivity index (χ3n) is 7.41. The molecule has 1 aliphatic rings. The van der Waals surface area contributed by atoms with Gasteiger partial charge in [0.05, 0.1) is 22.5 Å². The summed E-state index contributed by atoms with van der Waals surface area (Å²) in [5, 5.41) is 10.4. The molecule has 210 valence electrons. The van der Waals surface area contributed by atoms with E-state index in [9.17, 15) is 23.9 Å². The number of fused-ring (bicyclic) bond motifs is 1. The number of terminal acetylenes is 1. The van der Waals surface area contributed by atoms with Gasteiger partial charge in [0.2, 0.25) is 0 Å². The first kappa shape index (κ1) is 27.7. The van der Waals surface area contributed by atoms with E-state index in [0.717, 1.165) is 16.7 Å². The molecular weight excluding hydrogens is 532 g/mol. The van der Waals surface area contributed by atoms with Crippen LogP contribution in [0.3, 0.4) is 0 Å². The fourth-order valence-corrected chi connectivity index (χ4v) is 5.41. The second kappa shape index (κ2) is 10.6. The summed E-state index contributed by atoms with van der Waals surface area (Å²) in [6.45, 7) is 5.97. The highest BCUT2D eigenvalue weighted by molar-refractivity contribution is 5.93. The van der Waals surface area contributed by atoms with Gasteiger partial charge in [-0.3, -0.25) is 28.5 Å². The number of hydrogen-bond acceptors (Lipinski definition) is 6. The molecule has 0 radical (unpaired) electrons. The number of nitrogens with zero attached hydrogens (tertiary/aromatic N) is 5. The Morgan fingerprint density at radius 2 is 1.83 bits per heavy atom. The number of aromatic hydroxyl groups is 1. The number of likely N-dealkylation sites (tertiary alicyclic amines) is 1. The van der Waals surface area contributed by atoms with Crippen molar-refractivity contribution in [2.75, 3.05) is 13.1 Å². The van der Waals surface area contributed by atoms with Gasteiger partial charge >= 0.3 is 11.1 Å². The Hall–Kier alpha value is -4.85. The third-order valence-corrected chi connectivity index (χ3v) is 7.41. The second-order valence-electron chi connectivity index (χ2n) is 10.3. The van der Waals surface area contributed by atoms with E-state index in [4.69, 9.17) is 6.42 Å². The van der Waals surface area contributed by atoms with Gasteiger partial charge < -0.3 is 10.0 Å². The summed E-state index contributed by atoms with van der Waals surface area (Å²) >= 11 is 0. The van der Waals surface area contributed by atoms with Crippen LogP contribution >= 0.6 is 0 Å². The predicted molar refractivity (Wildman–Crippen MR) is 149 cm³/mol. The van der Waals surface area contributed by atoms with Gasteiger partial charge in [-0.1, -0.05) is 19.9 Å². The Kier molecular flexibility index (Phi) is 7.17. The minimum Gasteiger partial charge on any atom is -0.507 e. The molecule has 1 N–H and O–H groups in total. The van der Waals surface area contributed by atoms with Crippen LogP contribution < -0.4 is 11.1 Å². The summed E-state index contributed by atoms with van der Waals surface area (Å²) in [6, 6.07) is 5.66. The van der Waals surface area contributed by atoms with Crippen molar-refractivity contribution in [2.45, 2.75) is 45.6 Å². The molecule has 0 aliphatic carbocycles. The standard InChI is InChI=1S/C30H27F2N5O4/c1-5-23(39)35-13-10-18(11-14-35)36-21-15-20(32)26(24-19(31)7-6-8-22(24)38)34-28(21)37(30(41)29(36)40)27-17(4)9-12-33-25(27)16(2)3/h1,6-9,12,15-16,18,38H,10-11,13-14H2,2-4H3. The lowest BCUT2D eigenvalue weighted by molar-refractivity contribution is -0.126. The fourth-order valence-electron chi connectivity index (χ4n) is 5.41. The number of piperidine rings is 1. The van der Waals surface area contributed by atoms with Crippen LogP contribution in [0.4, 0.5) is 8.78 Å². The van der Waals surface area contributed by atoms with Crippen molar-refractivity contribution < 1.29 is 18.7 Å². The number of pyridine rings is 2. The molecule has 1 aromatic carbocycles. The minimum absolute atomic E-state index is 0.00589. The minimum atomic E-state index is -0.997. The number of halogens is 2. The monoisotopic (exact) mass is 559 g/mol. The van der Waals surface area contributed by atoms with Gasteiger partial charge in [0.15, 0.2) is 11.5 Å². The first-order chi connectivity index (χ1) is 19.5. The van der Waals surface area contributed by atoms with Crippen LogP contribution in [0.5, 0.6) is 5.75 Å². The van der Waals surface area contributed by atoms with E-state index in [1.54, 1.807) is 19.2 Å². The summed E-state index contributed by atoms with van der Waals surface area (Å²) in [5.74, 6) is -1.02. The zero-order valence-electron chi connectivity index (χ0n) is 22.7. The molecule has 11 heteroatoms. The number of carbonyl (C=O) groups excluding carboxylic acids is 1. The maximum absolute atomic E-state index is 15.7. The van der Waals surface area contributed by atoms with E-state index >= 15 is 4.39 Å². The SMILES string of the molecule is C#CC(=O)N1CCC(n2c(=O)c(=O)n(-c3c(C)ccnc3C(C)C)c3nc(-c4c(O)cccc4F)c(F)cc32)CC1. The van der Waals surface area contributed by atoms with Gasteiger partial charge in [-0.2, -0.15) is 0 Å². The smallest absolute Gasteiger partial charge is 0.322 e. The highest BCUT2D eigenvalue weighted by Crippen LogP contribution is 2.35. The Labute approximate surface area is 233 Å². The van der Waals surface area contributed by atoms with Crippen LogP contribution in [0.1, 0.15) is 49.9 Å². The van der Waals surface area contributed by atoms with Crippen LogP contribution in [-0.2, 0) is 4.79 Å². The second-order valence-corrected chi connectivity index (χ2v) is 10.3. The van der Waals surface area contributed by atoms with Crippen LogP contribution in [0.15, 0.2) is 46.1 Å². The highest BCUT2D eigenvalue weighted by atomic mass is 19.1. The Morgan fingerprint density at radius 3 is 2.46 bits per heavy atom. The number of benzene rings is 1. The predicted octanol–water partition coefficient (Wildman–Crippen LogP) is 3.82. The van der Waals surface area contributed by atoms with E-state index in [-0.39, 0.29) is 43.0 Å². The zero-order chi connectivity index (χ0) is 29.6. The highest BCUT2D eigenvalue weighted by Gasteiger charge is 2.30. The largest absolute Gasteiger partial charge is 0.507 e. The number of phenolic OH excluding ortho intramolecular Hbond substituents is 1. The molecule has 4 aromatic rings. The van der Waals surface area contributed by atoms with E-state index < -0.39 is 51.7 Å². The summed E-state index contributed by atoms with van der Waals surface area (Å²) in [6.07, 6.45) is 7.40. The molecule has 0 bridgehead atoms. The first-order valence-corrected chi connectivity index (χ1v) is 13.1. The van der Waals surface area contributed by atoms with Gasteiger partial charge in [-0.05, 0) is 55.4 Å². The average Bonchev–Trinajstić information content (AvgIpc) is 2.94. The van der Waals surface area contributed by atoms with Gasteiger partial charge in [0.25, 0.3) is 5.91 Å². The van der Waals surface area contributed by atoms with E-state index in [0.29, 0.717) is 16.9 Å². The lowest BCUT2D eigenvalue weighted by Crippen LogP contribution is -2.46. The van der Waals surface area contributed by atoms with Crippen LogP contribution in [0, 0.1) is 30.9 Å². The Morgan fingerprint density at radius 1 is 1.12 bits per heavy atom. The van der Waals surface area contributed by atoms with Gasteiger partial charge in [-0.25, -0.2) is 13.8 Å². The molecule has 0 spiro atoms. The lowest BCUT2D eigenvalue weighted by Gasteiger charge is -2.32. The quantitative estimate of drug-likeness (QED) is 0.301. The molecule has 1 saturated heterocycles. The summed E-state index contributed by atoms with van der Waals surface area (Å²) in [7, 11) is 0. The number of hydrogen-bond donors (Lipinski definition) is 1. The number of aromatic nitrogens is 4. The number of carbonyl (C=O) groups is 1. The first-order valence-electron chi connectivity index (χ1n) is 13.1. The molecule has 1 aliphatic heterocycles. The average molecular weight is 560 g/mol. The fraction of sp³-hybridized carbons (Fsp3) is 0.300. The van der Waals surface area contributed by atoms with Crippen molar-refractivity contribution in [1.82, 2.24) is 24.0 Å². The summed E-state index contributed by atoms with van der Waals surface area (Å²) in [4.78, 5) is 50.0. The molecule has 0 atom stereocenters. The number of phenols is 1. The molecule has 41 heavy (non-hydrogen) atoms. The van der Waals surface area contributed by atoms with Crippen LogP contribution in [0.25, 0.3) is 28.1 Å². The van der Waals surface area contributed by atoms with Crippen LogP contribution in [-0.4, -0.2) is 48.1 Å². The Bertz CT molecular complexity index is 1840. The molecule has 9 nitrogen and oxygen atoms in total. The number of rotatable bonds is 4. The normalized spacial score (nSPS) is 14.0. The maximum Gasteiger partial charge on any atom is 0.322 e. The molecule has 1 fully saturated rings. The van der Waals surface area contributed by atoms with Crippen molar-refractivity contribution in [3.63, 3.8) is 0 Å². The van der Waals surface area contributed by atoms with Crippen molar-refractivity contribution in [3.05, 3.63) is 80.1 Å². The van der Waals surface area contributed by atoms with Crippen molar-refractivity contribution in [2.24, 2.45) is 0 Å². The van der Waals surface area contributed by atoms with Crippen molar-refractivity contribution in [1.29, 1.82) is 0 Å². The molecule has 4 heterocycles. The Balaban J connectivity index is 1.87. The molecule has 5 rings (SSSR count). The lowest BCUT2D eigenvalue weighted by atomic mass is 10.0. The van der Waals surface area contributed by atoms with Crippen molar-refractivity contribution >= 4 is 17.1 Å². The van der Waals surface area contributed by atoms with Gasteiger partial charge in [0, 0.05) is 31.4 Å². The summed E-state index contributed by atoms with van der Waals surface area (Å²) < 4.78 is 32.9. The van der Waals surface area contributed by atoms with Gasteiger partial charge in [0.1, 0.15) is 17.3 Å². The van der Waals surface area contributed by atoms with E-state index in [2.05, 4.69) is 15.9 Å². The molecule has 0 unspecified atom stereocenters. The topological polar surface area (TPSA) is 110 Å². The number of amides is 1. The van der Waals surface area contributed by atoms with E-state index in [1.807, 2.05) is 13.8 Å². The molecular formula is C30H27F2N5O4. The zero-order valence-corrected chi connectivity index (χ0v) is 22.7. The molecule has 1 amide bonds. The maximum atomic E-state index is 15.7. The van der Waals surface area contributed by atoms with Crippen LogP contribution in [0.2, 0.25) is 0 Å². The third kappa shape index (κ3) is 4.65. The molecule has 3 aromatic heterocycles. The van der Waals surface area contributed by atoms with E-state index in [1.165, 1.54) is 21.6 Å². The molecule has 0 saturated carbocycles. The van der Waals surface area contributed by atoms with Crippen molar-refractivity contribution in [3.8, 4) is 35.0 Å². The summed E-state index contributed by atoms with van der Waals surface area (Å²) in [5.41, 5.74) is -1.50. The van der Waals surface area contributed by atoms with Gasteiger partial charge in [-0.15, -0.1) is 6.42 Å². The number of aryl methyl sites for hydroxylation is 1.